The fraction of sp³-hybridized carbons (Fsp3) is 1.00. The Labute approximate surface area is 78.6 Å². The van der Waals surface area contributed by atoms with Crippen molar-refractivity contribution >= 4 is 0 Å². The molecule has 0 spiro atoms. The Morgan fingerprint density at radius 1 is 1.38 bits per heavy atom. The molecule has 1 aliphatic heterocycles. The first-order chi connectivity index (χ1) is 6.06. The van der Waals surface area contributed by atoms with Crippen LogP contribution in [0.3, 0.4) is 0 Å². The molecule has 0 aliphatic carbocycles. The van der Waals surface area contributed by atoms with Gasteiger partial charge in [0, 0.05) is 12.1 Å². The number of aliphatic hydroxyl groups excluding tert-OH is 3. The van der Waals surface area contributed by atoms with E-state index >= 15 is 0 Å². The van der Waals surface area contributed by atoms with Crippen molar-refractivity contribution in [1.29, 1.82) is 0 Å². The first kappa shape index (κ1) is 10.9. The van der Waals surface area contributed by atoms with Crippen LogP contribution in [0.25, 0.3) is 0 Å². The molecule has 0 aromatic carbocycles. The van der Waals surface area contributed by atoms with E-state index in [1.165, 1.54) is 0 Å². The maximum absolute atomic E-state index is 9.63. The highest BCUT2D eigenvalue weighted by atomic mass is 16.3. The van der Waals surface area contributed by atoms with Gasteiger partial charge in [0.2, 0.25) is 0 Å². The molecule has 0 saturated carbocycles. The highest BCUT2D eigenvalue weighted by molar-refractivity contribution is 4.93. The van der Waals surface area contributed by atoms with Crippen LogP contribution < -0.4 is 5.32 Å². The van der Waals surface area contributed by atoms with Crippen molar-refractivity contribution in [3.63, 3.8) is 0 Å². The second kappa shape index (κ2) is 4.37. The average Bonchev–Trinajstić information content (AvgIpc) is 2.09. The average molecular weight is 189 g/mol. The van der Waals surface area contributed by atoms with E-state index in [2.05, 4.69) is 5.32 Å². The molecule has 0 aromatic heterocycles. The summed E-state index contributed by atoms with van der Waals surface area (Å²) in [7, 11) is 0. The molecule has 78 valence electrons. The zero-order valence-corrected chi connectivity index (χ0v) is 8.14. The molecule has 1 saturated heterocycles. The van der Waals surface area contributed by atoms with Crippen molar-refractivity contribution < 1.29 is 15.3 Å². The first-order valence-corrected chi connectivity index (χ1v) is 4.79. The van der Waals surface area contributed by atoms with E-state index in [0.29, 0.717) is 6.42 Å². The number of hydrogen-bond acceptors (Lipinski definition) is 4. The van der Waals surface area contributed by atoms with Gasteiger partial charge in [0.1, 0.15) is 0 Å². The zero-order chi connectivity index (χ0) is 10.0. The summed E-state index contributed by atoms with van der Waals surface area (Å²) in [4.78, 5) is 0. The lowest BCUT2D eigenvalue weighted by Crippen LogP contribution is -2.59. The molecular formula is C9H19NO3. The summed E-state index contributed by atoms with van der Waals surface area (Å²) in [5, 5.41) is 31.2. The smallest absolute Gasteiger partial charge is 0.0954 e. The maximum Gasteiger partial charge on any atom is 0.0954 e. The molecule has 1 aliphatic rings. The number of rotatable bonds is 2. The van der Waals surface area contributed by atoms with Gasteiger partial charge in [-0.15, -0.1) is 0 Å². The SMILES string of the molecule is CC(C)[C@H]1N[C@H](CO)C[C@@H](O)[C@@H]1O. The molecule has 4 N–H and O–H groups in total. The van der Waals surface area contributed by atoms with Crippen molar-refractivity contribution in [2.24, 2.45) is 5.92 Å². The van der Waals surface area contributed by atoms with Crippen LogP contribution in [-0.2, 0) is 0 Å². The molecule has 13 heavy (non-hydrogen) atoms. The van der Waals surface area contributed by atoms with Gasteiger partial charge in [-0.2, -0.15) is 0 Å². The Balaban J connectivity index is 2.60. The third-order valence-corrected chi connectivity index (χ3v) is 2.65. The van der Waals surface area contributed by atoms with E-state index in [9.17, 15) is 10.2 Å². The van der Waals surface area contributed by atoms with Crippen molar-refractivity contribution in [3.8, 4) is 0 Å². The largest absolute Gasteiger partial charge is 0.395 e. The predicted octanol–water partition coefficient (Wildman–Crippen LogP) is -0.913. The van der Waals surface area contributed by atoms with Crippen LogP contribution in [0, 0.1) is 5.92 Å². The highest BCUT2D eigenvalue weighted by Crippen LogP contribution is 2.19. The van der Waals surface area contributed by atoms with Gasteiger partial charge in [-0.25, -0.2) is 0 Å². The van der Waals surface area contributed by atoms with Crippen LogP contribution in [0.4, 0.5) is 0 Å². The summed E-state index contributed by atoms with van der Waals surface area (Å²) in [5.41, 5.74) is 0. The highest BCUT2D eigenvalue weighted by Gasteiger charge is 2.36. The van der Waals surface area contributed by atoms with Crippen LogP contribution in [0.5, 0.6) is 0 Å². The van der Waals surface area contributed by atoms with Gasteiger partial charge < -0.3 is 20.6 Å². The van der Waals surface area contributed by atoms with Gasteiger partial charge in [0.05, 0.1) is 18.8 Å². The second-order valence-electron chi connectivity index (χ2n) is 4.11. The number of hydrogen-bond donors (Lipinski definition) is 4. The minimum atomic E-state index is -0.720. The van der Waals surface area contributed by atoms with Gasteiger partial charge in [0.15, 0.2) is 0 Å². The van der Waals surface area contributed by atoms with E-state index in [0.717, 1.165) is 0 Å². The molecule has 4 atom stereocenters. The van der Waals surface area contributed by atoms with Gasteiger partial charge >= 0.3 is 0 Å². The summed E-state index contributed by atoms with van der Waals surface area (Å²) in [6.07, 6.45) is -1.02. The maximum atomic E-state index is 9.63. The quantitative estimate of drug-likeness (QED) is 0.454. The Kier molecular flexibility index (Phi) is 3.67. The van der Waals surface area contributed by atoms with Crippen LogP contribution >= 0.6 is 0 Å². The fourth-order valence-electron chi connectivity index (χ4n) is 1.82. The molecule has 1 fully saturated rings. The van der Waals surface area contributed by atoms with Gasteiger partial charge in [-0.1, -0.05) is 13.8 Å². The minimum absolute atomic E-state index is 0.00694. The summed E-state index contributed by atoms with van der Waals surface area (Å²) in [6.45, 7) is 3.97. The molecule has 0 bridgehead atoms. The first-order valence-electron chi connectivity index (χ1n) is 4.79. The number of aliphatic hydroxyl groups is 3. The molecule has 0 aromatic rings. The molecule has 1 rings (SSSR count). The van der Waals surface area contributed by atoms with E-state index < -0.39 is 12.2 Å². The Hall–Kier alpha value is -0.160. The van der Waals surface area contributed by atoms with Gasteiger partial charge in [-0.3, -0.25) is 0 Å². The number of nitrogens with one attached hydrogen (secondary N) is 1. The standard InChI is InChI=1S/C9H19NO3/c1-5(2)8-9(13)7(12)3-6(4-11)10-8/h5-13H,3-4H2,1-2H3/t6-,7+,8+,9-/m0/s1. The Bertz CT molecular complexity index is 163. The number of piperidine rings is 1. The monoisotopic (exact) mass is 189 g/mol. The normalized spacial score (nSPS) is 41.1. The zero-order valence-electron chi connectivity index (χ0n) is 8.14. The lowest BCUT2D eigenvalue weighted by atomic mass is 9.87. The Morgan fingerprint density at radius 2 is 2.00 bits per heavy atom. The van der Waals surface area contributed by atoms with E-state index in [-0.39, 0.29) is 24.6 Å². The Morgan fingerprint density at radius 3 is 2.46 bits per heavy atom. The summed E-state index contributed by atoms with van der Waals surface area (Å²) in [5.74, 6) is 0.249. The summed E-state index contributed by atoms with van der Waals surface area (Å²) >= 11 is 0. The third kappa shape index (κ3) is 2.40. The molecule has 0 unspecified atom stereocenters. The van der Waals surface area contributed by atoms with Gasteiger partial charge in [-0.05, 0) is 12.3 Å². The van der Waals surface area contributed by atoms with E-state index in [1.54, 1.807) is 0 Å². The van der Waals surface area contributed by atoms with Crippen molar-refractivity contribution in [3.05, 3.63) is 0 Å². The molecule has 4 heteroatoms. The van der Waals surface area contributed by atoms with Crippen LogP contribution in [0.1, 0.15) is 20.3 Å². The molecule has 0 radical (unpaired) electrons. The lowest BCUT2D eigenvalue weighted by molar-refractivity contribution is -0.0554. The summed E-state index contributed by atoms with van der Waals surface area (Å²) in [6, 6.07) is -0.216. The molecule has 1 heterocycles. The van der Waals surface area contributed by atoms with Crippen LogP contribution in [-0.4, -0.2) is 46.2 Å². The van der Waals surface area contributed by atoms with E-state index in [4.69, 9.17) is 5.11 Å². The fourth-order valence-corrected chi connectivity index (χ4v) is 1.82. The molecule has 4 nitrogen and oxygen atoms in total. The topological polar surface area (TPSA) is 72.7 Å². The third-order valence-electron chi connectivity index (χ3n) is 2.65. The minimum Gasteiger partial charge on any atom is -0.395 e. The van der Waals surface area contributed by atoms with Gasteiger partial charge in [0.25, 0.3) is 0 Å². The lowest BCUT2D eigenvalue weighted by Gasteiger charge is -2.39. The van der Waals surface area contributed by atoms with Crippen molar-refractivity contribution in [1.82, 2.24) is 5.32 Å². The van der Waals surface area contributed by atoms with Crippen molar-refractivity contribution in [2.45, 2.75) is 44.6 Å². The van der Waals surface area contributed by atoms with Crippen LogP contribution in [0.2, 0.25) is 0 Å². The predicted molar refractivity (Wildman–Crippen MR) is 49.3 cm³/mol. The second-order valence-corrected chi connectivity index (χ2v) is 4.11. The molecular weight excluding hydrogens is 170 g/mol. The molecule has 0 amide bonds. The van der Waals surface area contributed by atoms with Crippen LogP contribution in [0.15, 0.2) is 0 Å². The van der Waals surface area contributed by atoms with Crippen molar-refractivity contribution in [2.75, 3.05) is 6.61 Å². The van der Waals surface area contributed by atoms with E-state index in [1.807, 2.05) is 13.8 Å². The summed E-state index contributed by atoms with van der Waals surface area (Å²) < 4.78 is 0.